The standard InChI is InChI=1S/C18H26N2O3.ClH/c1-3-23-16-11-15(21)18(16)6-8-20(9-7-18)17(22)14-10-13(19)5-4-12(14)2;/h4-5,10,15-16,21H,3,6-9,11,19H2,1-2H3;1H. The maximum Gasteiger partial charge on any atom is 0.254 e. The van der Waals surface area contributed by atoms with Crippen molar-refractivity contribution in [2.24, 2.45) is 5.41 Å². The Balaban J connectivity index is 0.00000208. The molecule has 1 saturated heterocycles. The van der Waals surface area contributed by atoms with Crippen LogP contribution in [0.3, 0.4) is 0 Å². The number of hydrogen-bond acceptors (Lipinski definition) is 4. The molecule has 0 bridgehead atoms. The van der Waals surface area contributed by atoms with Gasteiger partial charge in [0.2, 0.25) is 0 Å². The van der Waals surface area contributed by atoms with Gasteiger partial charge in [-0.1, -0.05) is 6.07 Å². The summed E-state index contributed by atoms with van der Waals surface area (Å²) in [5.41, 5.74) is 7.89. The summed E-state index contributed by atoms with van der Waals surface area (Å²) in [5, 5.41) is 10.2. The number of nitrogens with zero attached hydrogens (tertiary/aromatic N) is 1. The van der Waals surface area contributed by atoms with Crippen molar-refractivity contribution in [3.8, 4) is 0 Å². The van der Waals surface area contributed by atoms with Gasteiger partial charge in [0, 0.05) is 42.8 Å². The highest BCUT2D eigenvalue weighted by molar-refractivity contribution is 5.96. The molecule has 1 heterocycles. The maximum atomic E-state index is 12.8. The van der Waals surface area contributed by atoms with Gasteiger partial charge in [-0.25, -0.2) is 0 Å². The molecule has 3 N–H and O–H groups in total. The van der Waals surface area contributed by atoms with Crippen LogP contribution in [-0.4, -0.2) is 47.8 Å². The van der Waals surface area contributed by atoms with Crippen LogP contribution in [0.4, 0.5) is 5.69 Å². The van der Waals surface area contributed by atoms with Gasteiger partial charge in [-0.3, -0.25) is 4.79 Å². The summed E-state index contributed by atoms with van der Waals surface area (Å²) in [7, 11) is 0. The third kappa shape index (κ3) is 3.13. The molecule has 1 aromatic rings. The Bertz CT molecular complexity index is 598. The molecule has 2 atom stereocenters. The van der Waals surface area contributed by atoms with Gasteiger partial charge in [0.05, 0.1) is 12.2 Å². The Hall–Kier alpha value is -1.30. The molecule has 5 nitrogen and oxygen atoms in total. The molecule has 0 radical (unpaired) electrons. The second-order valence-corrected chi connectivity index (χ2v) is 6.80. The predicted molar refractivity (Wildman–Crippen MR) is 96.4 cm³/mol. The van der Waals surface area contributed by atoms with Crippen molar-refractivity contribution in [3.05, 3.63) is 29.3 Å². The summed E-state index contributed by atoms with van der Waals surface area (Å²) >= 11 is 0. The summed E-state index contributed by atoms with van der Waals surface area (Å²) in [6.07, 6.45) is 2.15. The van der Waals surface area contributed by atoms with E-state index >= 15 is 0 Å². The Morgan fingerprint density at radius 3 is 2.67 bits per heavy atom. The van der Waals surface area contributed by atoms with Crippen molar-refractivity contribution in [2.75, 3.05) is 25.4 Å². The minimum atomic E-state index is -0.301. The van der Waals surface area contributed by atoms with E-state index in [0.29, 0.717) is 30.9 Å². The van der Waals surface area contributed by atoms with Crippen LogP contribution < -0.4 is 5.73 Å². The van der Waals surface area contributed by atoms with Crippen LogP contribution in [0.2, 0.25) is 0 Å². The molecule has 1 saturated carbocycles. The van der Waals surface area contributed by atoms with Crippen molar-refractivity contribution in [2.45, 2.75) is 45.3 Å². The van der Waals surface area contributed by atoms with Gasteiger partial charge < -0.3 is 20.5 Å². The number of amides is 1. The zero-order valence-corrected chi connectivity index (χ0v) is 15.1. The minimum Gasteiger partial charge on any atom is -0.399 e. The molecular weight excluding hydrogens is 328 g/mol. The highest BCUT2D eigenvalue weighted by Crippen LogP contribution is 2.51. The molecule has 2 unspecified atom stereocenters. The number of anilines is 1. The molecule has 2 fully saturated rings. The topological polar surface area (TPSA) is 75.8 Å². The molecular formula is C18H27ClN2O3. The molecule has 0 aromatic heterocycles. The largest absolute Gasteiger partial charge is 0.399 e. The van der Waals surface area contributed by atoms with Crippen LogP contribution in [0.15, 0.2) is 18.2 Å². The van der Waals surface area contributed by atoms with E-state index in [0.717, 1.165) is 24.8 Å². The molecule has 2 aliphatic rings. The number of ether oxygens (including phenoxy) is 1. The van der Waals surface area contributed by atoms with E-state index in [2.05, 4.69) is 0 Å². The molecule has 6 heteroatoms. The number of carbonyl (C=O) groups excluding carboxylic acids is 1. The number of likely N-dealkylation sites (tertiary alicyclic amines) is 1. The number of benzene rings is 1. The van der Waals surface area contributed by atoms with E-state index in [1.54, 1.807) is 6.07 Å². The van der Waals surface area contributed by atoms with Crippen molar-refractivity contribution < 1.29 is 14.6 Å². The predicted octanol–water partition coefficient (Wildman–Crippen LogP) is 2.39. The fraction of sp³-hybridized carbons (Fsp3) is 0.611. The smallest absolute Gasteiger partial charge is 0.254 e. The number of aliphatic hydroxyl groups excluding tert-OH is 1. The monoisotopic (exact) mass is 354 g/mol. The van der Waals surface area contributed by atoms with Gasteiger partial charge >= 0.3 is 0 Å². The van der Waals surface area contributed by atoms with E-state index in [1.807, 2.05) is 30.9 Å². The highest BCUT2D eigenvalue weighted by Gasteiger charge is 2.56. The van der Waals surface area contributed by atoms with Crippen LogP contribution in [0.25, 0.3) is 0 Å². The van der Waals surface area contributed by atoms with Crippen LogP contribution in [0.5, 0.6) is 0 Å². The van der Waals surface area contributed by atoms with Crippen LogP contribution in [-0.2, 0) is 4.74 Å². The molecule has 134 valence electrons. The lowest BCUT2D eigenvalue weighted by Gasteiger charge is -2.56. The second kappa shape index (κ2) is 7.30. The molecule has 1 aliphatic carbocycles. The summed E-state index contributed by atoms with van der Waals surface area (Å²) < 4.78 is 5.78. The first-order valence-corrected chi connectivity index (χ1v) is 8.43. The van der Waals surface area contributed by atoms with Gasteiger partial charge in [0.15, 0.2) is 0 Å². The number of hydrogen-bond donors (Lipinski definition) is 2. The average molecular weight is 355 g/mol. The molecule has 3 rings (SSSR count). The average Bonchev–Trinajstić information content (AvgIpc) is 2.56. The van der Waals surface area contributed by atoms with Gasteiger partial charge in [-0.15, -0.1) is 12.4 Å². The third-order valence-corrected chi connectivity index (χ3v) is 5.58. The van der Waals surface area contributed by atoms with Crippen molar-refractivity contribution in [1.29, 1.82) is 0 Å². The number of aliphatic hydroxyl groups is 1. The molecule has 1 amide bonds. The number of nitrogen functional groups attached to an aromatic ring is 1. The summed E-state index contributed by atoms with van der Waals surface area (Å²) in [6, 6.07) is 5.45. The lowest BCUT2D eigenvalue weighted by atomic mass is 9.58. The number of piperidine rings is 1. The van der Waals surface area contributed by atoms with Crippen LogP contribution in [0.1, 0.15) is 42.1 Å². The Labute approximate surface area is 149 Å². The normalized spacial score (nSPS) is 25.0. The first kappa shape index (κ1) is 19.0. The van der Waals surface area contributed by atoms with E-state index in [-0.39, 0.29) is 35.9 Å². The van der Waals surface area contributed by atoms with Gasteiger partial charge in [-0.05, 0) is 44.4 Å². The lowest BCUT2D eigenvalue weighted by Crippen LogP contribution is -2.62. The maximum absolute atomic E-state index is 12.8. The zero-order chi connectivity index (χ0) is 16.6. The third-order valence-electron chi connectivity index (χ3n) is 5.58. The van der Waals surface area contributed by atoms with E-state index < -0.39 is 0 Å². The van der Waals surface area contributed by atoms with Gasteiger partial charge in [0.25, 0.3) is 5.91 Å². The number of rotatable bonds is 3. The van der Waals surface area contributed by atoms with E-state index in [1.165, 1.54) is 0 Å². The molecule has 1 aromatic carbocycles. The van der Waals surface area contributed by atoms with E-state index in [9.17, 15) is 9.90 Å². The zero-order valence-electron chi connectivity index (χ0n) is 14.3. The lowest BCUT2D eigenvalue weighted by molar-refractivity contribution is -0.207. The molecule has 1 spiro atoms. The number of nitrogens with two attached hydrogens (primary N) is 1. The van der Waals surface area contributed by atoms with Crippen LogP contribution >= 0.6 is 12.4 Å². The van der Waals surface area contributed by atoms with Crippen molar-refractivity contribution in [1.82, 2.24) is 4.90 Å². The molecule has 24 heavy (non-hydrogen) atoms. The summed E-state index contributed by atoms with van der Waals surface area (Å²) in [5.74, 6) is 0.0337. The first-order valence-electron chi connectivity index (χ1n) is 8.43. The highest BCUT2D eigenvalue weighted by atomic mass is 35.5. The summed E-state index contributed by atoms with van der Waals surface area (Å²) in [6.45, 7) is 5.91. The van der Waals surface area contributed by atoms with E-state index in [4.69, 9.17) is 10.5 Å². The number of halogens is 1. The minimum absolute atomic E-state index is 0. The fourth-order valence-corrected chi connectivity index (χ4v) is 3.98. The summed E-state index contributed by atoms with van der Waals surface area (Å²) in [4.78, 5) is 14.6. The van der Waals surface area contributed by atoms with Gasteiger partial charge in [-0.2, -0.15) is 0 Å². The number of carbonyl (C=O) groups is 1. The quantitative estimate of drug-likeness (QED) is 0.817. The van der Waals surface area contributed by atoms with Crippen LogP contribution in [0, 0.1) is 12.3 Å². The molecule has 1 aliphatic heterocycles. The first-order chi connectivity index (χ1) is 11.0. The SMILES string of the molecule is CCOC1CC(O)C12CCN(C(=O)c1cc(N)ccc1C)CC2.Cl. The second-order valence-electron chi connectivity index (χ2n) is 6.80. The van der Waals surface area contributed by atoms with Crippen molar-refractivity contribution >= 4 is 24.0 Å². The van der Waals surface area contributed by atoms with Gasteiger partial charge in [0.1, 0.15) is 0 Å². The fourth-order valence-electron chi connectivity index (χ4n) is 3.98. The Kier molecular flexibility index (Phi) is 5.78. The number of aryl methyl sites for hydroxylation is 1. The Morgan fingerprint density at radius 1 is 1.42 bits per heavy atom. The van der Waals surface area contributed by atoms with Crippen molar-refractivity contribution in [3.63, 3.8) is 0 Å². The Morgan fingerprint density at radius 2 is 2.08 bits per heavy atom.